The van der Waals surface area contributed by atoms with Gasteiger partial charge in [-0.3, -0.25) is 0 Å². The molecule has 12 aromatic rings. The number of anilines is 3. The number of fused-ring (bicyclic) bond motifs is 11. The molecule has 0 atom stereocenters. The third kappa shape index (κ3) is 6.21. The Morgan fingerprint density at radius 1 is 0.400 bits per heavy atom. The van der Waals surface area contributed by atoms with Crippen LogP contribution in [0.15, 0.2) is 237 Å². The zero-order valence-corrected chi connectivity index (χ0v) is 39.3. The first kappa shape index (κ1) is 40.4. The number of hydrogen-bond acceptors (Lipinski definition) is 1. The summed E-state index contributed by atoms with van der Waals surface area (Å²) in [6, 6.07) is 81.2. The van der Waals surface area contributed by atoms with Gasteiger partial charge in [0, 0.05) is 55.4 Å². The molecule has 0 bridgehead atoms. The summed E-state index contributed by atoms with van der Waals surface area (Å²) in [7, 11) is 0. The maximum absolute atomic E-state index is 2.47. The molecule has 0 radical (unpaired) electrons. The van der Waals surface area contributed by atoms with E-state index in [2.05, 4.69) is 264 Å². The van der Waals surface area contributed by atoms with Gasteiger partial charge in [0.2, 0.25) is 0 Å². The van der Waals surface area contributed by atoms with Crippen molar-refractivity contribution in [1.29, 1.82) is 0 Å². The lowest BCUT2D eigenvalue weighted by molar-refractivity contribution is 0.660. The summed E-state index contributed by atoms with van der Waals surface area (Å²) in [5, 5.41) is 7.53. The Labute approximate surface area is 408 Å². The summed E-state index contributed by atoms with van der Waals surface area (Å²) in [4.78, 5) is 2.47. The Morgan fingerprint density at radius 3 is 1.77 bits per heavy atom. The molecule has 0 unspecified atom stereocenters. The summed E-state index contributed by atoms with van der Waals surface area (Å²) in [6.45, 7) is 4.74. The second-order valence-corrected chi connectivity index (χ2v) is 19.6. The van der Waals surface area contributed by atoms with E-state index in [0.29, 0.717) is 0 Å². The summed E-state index contributed by atoms with van der Waals surface area (Å²) < 4.78 is 4.88. The highest BCUT2D eigenvalue weighted by molar-refractivity contribution is 6.22. The van der Waals surface area contributed by atoms with Crippen molar-refractivity contribution in [3.05, 3.63) is 248 Å². The van der Waals surface area contributed by atoms with Gasteiger partial charge in [0.05, 0.1) is 22.1 Å². The van der Waals surface area contributed by atoms with E-state index in [9.17, 15) is 0 Å². The first-order valence-electron chi connectivity index (χ1n) is 24.6. The third-order valence-corrected chi connectivity index (χ3v) is 15.3. The van der Waals surface area contributed by atoms with Gasteiger partial charge in [0.15, 0.2) is 0 Å². The standard InChI is InChI=1S/C67H49N3/c1-67(2)60-25-15-14-24-55(60)56-35-33-53(43-61(56)67)68(52-34-39-63-58(42-52)57-40-47(44-16-6-3-7-17-44)29-36-62(57)69(63)49-19-8-4-9-20-49)51-31-26-45(27-32-51)48-30-37-64-59(41-48)66-54-23-13-12-18-46(54)28-38-65(66)70(64)50-21-10-5-11-22-50/h3,5-8,10-43H,4,9H2,1-2H3. The van der Waals surface area contributed by atoms with E-state index in [0.717, 1.165) is 35.6 Å². The summed E-state index contributed by atoms with van der Waals surface area (Å²) >= 11 is 0. The van der Waals surface area contributed by atoms with Gasteiger partial charge in [-0.15, -0.1) is 0 Å². The number of allylic oxidation sites excluding steroid dienone is 4. The zero-order valence-electron chi connectivity index (χ0n) is 39.3. The normalized spacial score (nSPS) is 13.9. The van der Waals surface area contributed by atoms with Crippen LogP contribution in [-0.4, -0.2) is 9.13 Å². The molecule has 10 aromatic carbocycles. The zero-order chi connectivity index (χ0) is 46.5. The topological polar surface area (TPSA) is 13.1 Å². The van der Waals surface area contributed by atoms with Crippen molar-refractivity contribution in [3.8, 4) is 39.1 Å². The molecule has 3 nitrogen and oxygen atoms in total. The van der Waals surface area contributed by atoms with Crippen molar-refractivity contribution >= 4 is 77.1 Å². The minimum Gasteiger partial charge on any atom is -0.310 e. The quantitative estimate of drug-likeness (QED) is 0.155. The molecule has 0 fully saturated rings. The lowest BCUT2D eigenvalue weighted by atomic mass is 9.82. The lowest BCUT2D eigenvalue weighted by Crippen LogP contribution is -2.16. The molecule has 0 aliphatic heterocycles. The second kappa shape index (κ2) is 15.7. The number of para-hydroxylation sites is 1. The first-order valence-corrected chi connectivity index (χ1v) is 24.6. The van der Waals surface area contributed by atoms with E-state index in [4.69, 9.17) is 0 Å². The molecule has 0 saturated heterocycles. The van der Waals surface area contributed by atoms with Crippen LogP contribution in [0.2, 0.25) is 0 Å². The van der Waals surface area contributed by atoms with Crippen molar-refractivity contribution in [2.75, 3.05) is 4.90 Å². The Bertz CT molecular complexity index is 4130. The second-order valence-electron chi connectivity index (χ2n) is 19.6. The van der Waals surface area contributed by atoms with Crippen molar-refractivity contribution in [2.24, 2.45) is 0 Å². The Kier molecular flexibility index (Phi) is 9.06. The molecule has 0 spiro atoms. The highest BCUT2D eigenvalue weighted by atomic mass is 15.1. The average molecular weight is 896 g/mol. The molecule has 0 amide bonds. The van der Waals surface area contributed by atoms with E-state index in [1.165, 1.54) is 105 Å². The van der Waals surface area contributed by atoms with Crippen LogP contribution in [0.4, 0.5) is 17.1 Å². The van der Waals surface area contributed by atoms with Crippen molar-refractivity contribution in [3.63, 3.8) is 0 Å². The molecule has 14 rings (SSSR count). The van der Waals surface area contributed by atoms with Crippen LogP contribution in [0.5, 0.6) is 0 Å². The minimum absolute atomic E-state index is 0.141. The lowest BCUT2D eigenvalue weighted by Gasteiger charge is -2.28. The molecular weight excluding hydrogens is 847 g/mol. The van der Waals surface area contributed by atoms with Crippen molar-refractivity contribution in [1.82, 2.24) is 9.13 Å². The van der Waals surface area contributed by atoms with E-state index in [-0.39, 0.29) is 5.41 Å². The molecule has 2 aliphatic carbocycles. The molecule has 2 aromatic heterocycles. The van der Waals surface area contributed by atoms with Crippen LogP contribution in [0.25, 0.3) is 99.1 Å². The van der Waals surface area contributed by atoms with Gasteiger partial charge in [-0.05, 0) is 159 Å². The number of rotatable bonds is 7. The molecule has 332 valence electrons. The van der Waals surface area contributed by atoms with Gasteiger partial charge in [0.25, 0.3) is 0 Å². The molecular formula is C67H49N3. The summed E-state index contributed by atoms with van der Waals surface area (Å²) in [5.41, 5.74) is 20.6. The smallest absolute Gasteiger partial charge is 0.0547 e. The van der Waals surface area contributed by atoms with Crippen molar-refractivity contribution in [2.45, 2.75) is 32.1 Å². The number of aromatic nitrogens is 2. The average Bonchev–Trinajstić information content (AvgIpc) is 4.01. The van der Waals surface area contributed by atoms with E-state index in [1.807, 2.05) is 0 Å². The monoisotopic (exact) mass is 895 g/mol. The Morgan fingerprint density at radius 2 is 0.986 bits per heavy atom. The predicted molar refractivity (Wildman–Crippen MR) is 297 cm³/mol. The van der Waals surface area contributed by atoms with Gasteiger partial charge in [-0.1, -0.05) is 159 Å². The van der Waals surface area contributed by atoms with Gasteiger partial charge in [-0.2, -0.15) is 0 Å². The molecule has 0 N–H and O–H groups in total. The molecule has 0 saturated carbocycles. The molecule has 2 aliphatic rings. The van der Waals surface area contributed by atoms with E-state index in [1.54, 1.807) is 0 Å². The first-order chi connectivity index (χ1) is 34.5. The summed E-state index contributed by atoms with van der Waals surface area (Å²) in [5.74, 6) is 0. The predicted octanol–water partition coefficient (Wildman–Crippen LogP) is 18.3. The van der Waals surface area contributed by atoms with Crippen LogP contribution in [-0.2, 0) is 5.41 Å². The van der Waals surface area contributed by atoms with Crippen LogP contribution in [0.3, 0.4) is 0 Å². The Hall–Kier alpha value is -8.66. The van der Waals surface area contributed by atoms with Crippen molar-refractivity contribution < 1.29 is 0 Å². The highest BCUT2D eigenvalue weighted by Gasteiger charge is 2.36. The largest absolute Gasteiger partial charge is 0.310 e. The molecule has 2 heterocycles. The van der Waals surface area contributed by atoms with Gasteiger partial charge in [0.1, 0.15) is 0 Å². The highest BCUT2D eigenvalue weighted by Crippen LogP contribution is 2.51. The maximum atomic E-state index is 2.47. The van der Waals surface area contributed by atoms with Gasteiger partial charge >= 0.3 is 0 Å². The van der Waals surface area contributed by atoms with Gasteiger partial charge in [-0.25, -0.2) is 0 Å². The SMILES string of the molecule is CC1(C)c2ccccc2-c2ccc(N(c3ccc(-c4ccc5c(c4)c4c6ccccc6ccc4n5-c4ccccc4)cc3)c3ccc4c(c3)c3cc(-c5ccccc5)ccc3n4C3=CCCC=C3)cc21. The van der Waals surface area contributed by atoms with Crippen LogP contribution in [0, 0.1) is 0 Å². The fourth-order valence-electron chi connectivity index (χ4n) is 11.9. The fraction of sp³-hybridized carbons (Fsp3) is 0.0746. The van der Waals surface area contributed by atoms with E-state index < -0.39 is 0 Å². The third-order valence-electron chi connectivity index (χ3n) is 15.3. The van der Waals surface area contributed by atoms with Gasteiger partial charge < -0.3 is 14.0 Å². The van der Waals surface area contributed by atoms with Crippen LogP contribution in [0.1, 0.15) is 37.8 Å². The minimum atomic E-state index is -0.141. The van der Waals surface area contributed by atoms with Crippen LogP contribution >= 0.6 is 0 Å². The fourth-order valence-corrected chi connectivity index (χ4v) is 11.9. The number of hydrogen-bond donors (Lipinski definition) is 0. The Balaban J connectivity index is 0.947. The van der Waals surface area contributed by atoms with E-state index >= 15 is 0 Å². The molecule has 70 heavy (non-hydrogen) atoms. The van der Waals surface area contributed by atoms with Crippen LogP contribution < -0.4 is 4.90 Å². The number of benzene rings is 10. The number of nitrogens with zero attached hydrogens (tertiary/aromatic N) is 3. The molecule has 3 heteroatoms. The maximum Gasteiger partial charge on any atom is 0.0547 e. The summed E-state index contributed by atoms with van der Waals surface area (Å²) in [6.07, 6.45) is 9.10.